The van der Waals surface area contributed by atoms with E-state index in [0.717, 1.165) is 37.1 Å². The van der Waals surface area contributed by atoms with Crippen LogP contribution in [-0.4, -0.2) is 38.6 Å². The van der Waals surface area contributed by atoms with Gasteiger partial charge in [-0.15, -0.1) is 0 Å². The SMILES string of the molecule is COc1ccc(Nc2ncc3nc(Nc4ccccc4F)n([C@H]4CC[C@H](NC(=O)CC(C)C)CC4)c3n2)cc1. The van der Waals surface area contributed by atoms with Gasteiger partial charge >= 0.3 is 0 Å². The van der Waals surface area contributed by atoms with Crippen LogP contribution in [0.3, 0.4) is 0 Å². The summed E-state index contributed by atoms with van der Waals surface area (Å²) < 4.78 is 21.8. The summed E-state index contributed by atoms with van der Waals surface area (Å²) in [6.07, 6.45) is 5.55. The first-order chi connectivity index (χ1) is 18.9. The van der Waals surface area contributed by atoms with Crippen LogP contribution in [-0.2, 0) is 4.79 Å². The Morgan fingerprint density at radius 1 is 1.05 bits per heavy atom. The summed E-state index contributed by atoms with van der Waals surface area (Å²) in [6.45, 7) is 4.09. The molecule has 204 valence electrons. The standard InChI is InChI=1S/C29H34FN7O2/c1-18(2)16-26(38)32-19-8-12-21(13-9-19)37-27-25(35-29(37)34-24-7-5-4-6-23(24)30)17-31-28(36-27)33-20-10-14-22(39-3)15-11-20/h4-7,10-11,14-15,17-19,21H,8-9,12-13,16H2,1-3H3,(H,32,38)(H,34,35)(H,31,33,36)/t19-,21-. The number of amides is 1. The molecular formula is C29H34FN7O2. The summed E-state index contributed by atoms with van der Waals surface area (Å²) in [7, 11) is 1.63. The number of hydrogen-bond donors (Lipinski definition) is 3. The molecule has 5 rings (SSSR count). The third-order valence-electron chi connectivity index (χ3n) is 6.92. The van der Waals surface area contributed by atoms with E-state index in [1.807, 2.05) is 38.1 Å². The Kier molecular flexibility index (Phi) is 7.90. The molecule has 1 saturated carbocycles. The van der Waals surface area contributed by atoms with Gasteiger partial charge in [-0.25, -0.2) is 14.4 Å². The predicted molar refractivity (Wildman–Crippen MR) is 150 cm³/mol. The van der Waals surface area contributed by atoms with E-state index in [2.05, 4.69) is 25.5 Å². The van der Waals surface area contributed by atoms with Gasteiger partial charge in [0.05, 0.1) is 19.0 Å². The Hall–Kier alpha value is -4.21. The van der Waals surface area contributed by atoms with E-state index < -0.39 is 0 Å². The van der Waals surface area contributed by atoms with Crippen molar-refractivity contribution in [2.45, 2.75) is 58.0 Å². The van der Waals surface area contributed by atoms with Crippen molar-refractivity contribution in [3.8, 4) is 5.75 Å². The zero-order valence-electron chi connectivity index (χ0n) is 22.4. The van der Waals surface area contributed by atoms with E-state index in [1.54, 1.807) is 31.5 Å². The number of carbonyl (C=O) groups excluding carboxylic acids is 1. The molecule has 39 heavy (non-hydrogen) atoms. The maximum absolute atomic E-state index is 14.5. The number of imidazole rings is 1. The molecule has 1 aliphatic carbocycles. The maximum Gasteiger partial charge on any atom is 0.229 e. The number of nitrogens with one attached hydrogen (secondary N) is 3. The van der Waals surface area contributed by atoms with Crippen LogP contribution in [0.2, 0.25) is 0 Å². The minimum Gasteiger partial charge on any atom is -0.497 e. The van der Waals surface area contributed by atoms with E-state index in [0.29, 0.717) is 41.1 Å². The fraction of sp³-hybridized carbons (Fsp3) is 0.379. The maximum atomic E-state index is 14.5. The second-order valence-corrected chi connectivity index (χ2v) is 10.3. The summed E-state index contributed by atoms with van der Waals surface area (Å²) in [4.78, 5) is 26.3. The number of benzene rings is 2. The van der Waals surface area contributed by atoms with Crippen molar-refractivity contribution in [2.24, 2.45) is 5.92 Å². The molecule has 2 heterocycles. The zero-order chi connectivity index (χ0) is 27.4. The fourth-order valence-corrected chi connectivity index (χ4v) is 5.01. The van der Waals surface area contributed by atoms with Gasteiger partial charge in [0.15, 0.2) is 5.65 Å². The number of nitrogens with zero attached hydrogens (tertiary/aromatic N) is 4. The Labute approximate surface area is 227 Å². The van der Waals surface area contributed by atoms with Gasteiger partial charge < -0.3 is 20.7 Å². The van der Waals surface area contributed by atoms with Gasteiger partial charge in [-0.1, -0.05) is 26.0 Å². The molecule has 1 aliphatic rings. The van der Waals surface area contributed by atoms with Gasteiger partial charge in [0, 0.05) is 24.2 Å². The molecule has 1 fully saturated rings. The minimum absolute atomic E-state index is 0.0752. The largest absolute Gasteiger partial charge is 0.497 e. The molecule has 0 spiro atoms. The summed E-state index contributed by atoms with van der Waals surface area (Å²) in [5.74, 6) is 1.77. The molecule has 9 nitrogen and oxygen atoms in total. The van der Waals surface area contributed by atoms with Gasteiger partial charge in [-0.3, -0.25) is 9.36 Å². The Bertz CT molecular complexity index is 1430. The number of aromatic nitrogens is 4. The lowest BCUT2D eigenvalue weighted by Gasteiger charge is -2.31. The molecular weight excluding hydrogens is 497 g/mol. The number of para-hydroxylation sites is 1. The summed E-state index contributed by atoms with van der Waals surface area (Å²) in [5.41, 5.74) is 2.44. The topological polar surface area (TPSA) is 106 Å². The van der Waals surface area contributed by atoms with Gasteiger partial charge in [0.2, 0.25) is 17.8 Å². The van der Waals surface area contributed by atoms with E-state index in [9.17, 15) is 9.18 Å². The molecule has 2 aromatic heterocycles. The predicted octanol–water partition coefficient (Wildman–Crippen LogP) is 6.11. The molecule has 3 N–H and O–H groups in total. The Morgan fingerprint density at radius 2 is 1.79 bits per heavy atom. The third-order valence-corrected chi connectivity index (χ3v) is 6.92. The van der Waals surface area contributed by atoms with Crippen LogP contribution in [0.15, 0.2) is 54.7 Å². The summed E-state index contributed by atoms with van der Waals surface area (Å²) in [6, 6.07) is 14.3. The lowest BCUT2D eigenvalue weighted by Crippen LogP contribution is -2.38. The van der Waals surface area contributed by atoms with E-state index in [4.69, 9.17) is 14.7 Å². The molecule has 0 aliphatic heterocycles. The monoisotopic (exact) mass is 531 g/mol. The van der Waals surface area contributed by atoms with E-state index >= 15 is 0 Å². The molecule has 0 bridgehead atoms. The lowest BCUT2D eigenvalue weighted by atomic mass is 9.90. The normalized spacial score (nSPS) is 17.3. The lowest BCUT2D eigenvalue weighted by molar-refractivity contribution is -0.122. The van der Waals surface area contributed by atoms with Crippen molar-refractivity contribution < 1.29 is 13.9 Å². The number of halogens is 1. The number of fused-ring (bicyclic) bond motifs is 1. The zero-order valence-corrected chi connectivity index (χ0v) is 22.4. The van der Waals surface area contributed by atoms with Crippen molar-refractivity contribution in [3.05, 3.63) is 60.5 Å². The number of ether oxygens (including phenoxy) is 1. The van der Waals surface area contributed by atoms with Crippen molar-refractivity contribution in [2.75, 3.05) is 17.7 Å². The smallest absolute Gasteiger partial charge is 0.229 e. The molecule has 1 amide bonds. The number of hydrogen-bond acceptors (Lipinski definition) is 7. The molecule has 2 aromatic carbocycles. The van der Waals surface area contributed by atoms with Crippen LogP contribution in [0.4, 0.5) is 27.7 Å². The van der Waals surface area contributed by atoms with Crippen molar-refractivity contribution in [1.82, 2.24) is 24.8 Å². The highest BCUT2D eigenvalue weighted by molar-refractivity contribution is 5.77. The van der Waals surface area contributed by atoms with Crippen LogP contribution in [0, 0.1) is 11.7 Å². The average molecular weight is 532 g/mol. The van der Waals surface area contributed by atoms with Gasteiger partial charge in [-0.2, -0.15) is 4.98 Å². The summed E-state index contributed by atoms with van der Waals surface area (Å²) in [5, 5.41) is 9.61. The average Bonchev–Trinajstić information content (AvgIpc) is 3.27. The first-order valence-corrected chi connectivity index (χ1v) is 13.4. The molecule has 4 aromatic rings. The van der Waals surface area contributed by atoms with Crippen LogP contribution < -0.4 is 20.7 Å². The van der Waals surface area contributed by atoms with Crippen LogP contribution in [0.25, 0.3) is 11.2 Å². The van der Waals surface area contributed by atoms with Gasteiger partial charge in [0.1, 0.15) is 17.1 Å². The van der Waals surface area contributed by atoms with E-state index in [1.165, 1.54) is 6.07 Å². The quantitative estimate of drug-likeness (QED) is 0.239. The van der Waals surface area contributed by atoms with Crippen LogP contribution >= 0.6 is 0 Å². The van der Waals surface area contributed by atoms with Gasteiger partial charge in [-0.05, 0) is 68.0 Å². The molecule has 0 saturated heterocycles. The highest BCUT2D eigenvalue weighted by Crippen LogP contribution is 2.35. The van der Waals surface area contributed by atoms with Crippen molar-refractivity contribution in [3.63, 3.8) is 0 Å². The van der Waals surface area contributed by atoms with Gasteiger partial charge in [0.25, 0.3) is 0 Å². The highest BCUT2D eigenvalue weighted by atomic mass is 19.1. The molecule has 0 atom stereocenters. The van der Waals surface area contributed by atoms with E-state index in [-0.39, 0.29) is 23.8 Å². The Balaban J connectivity index is 1.43. The molecule has 0 radical (unpaired) electrons. The second kappa shape index (κ2) is 11.7. The molecule has 0 unspecified atom stereocenters. The highest BCUT2D eigenvalue weighted by Gasteiger charge is 2.28. The first kappa shape index (κ1) is 26.4. The van der Waals surface area contributed by atoms with Crippen molar-refractivity contribution >= 4 is 40.3 Å². The first-order valence-electron chi connectivity index (χ1n) is 13.4. The molecule has 10 heteroatoms. The van der Waals surface area contributed by atoms with Crippen molar-refractivity contribution in [1.29, 1.82) is 0 Å². The minimum atomic E-state index is -0.361. The van der Waals surface area contributed by atoms with Crippen LogP contribution in [0.1, 0.15) is 52.0 Å². The number of carbonyl (C=O) groups is 1. The Morgan fingerprint density at radius 3 is 2.49 bits per heavy atom. The number of rotatable bonds is 9. The number of anilines is 4. The summed E-state index contributed by atoms with van der Waals surface area (Å²) >= 11 is 0. The fourth-order valence-electron chi connectivity index (χ4n) is 5.01. The van der Waals surface area contributed by atoms with Crippen LogP contribution in [0.5, 0.6) is 5.75 Å². The second-order valence-electron chi connectivity index (χ2n) is 10.3. The third kappa shape index (κ3) is 6.27. The number of methoxy groups -OCH3 is 1.